The van der Waals surface area contributed by atoms with Crippen LogP contribution in [0.4, 0.5) is 13.2 Å². The number of nitrogens with zero attached hydrogens (tertiary/aromatic N) is 2. The Morgan fingerprint density at radius 2 is 1.93 bits per heavy atom. The molecule has 0 saturated carbocycles. The maximum absolute atomic E-state index is 12.9. The quantitative estimate of drug-likeness (QED) is 0.816. The standard InChI is InChI=1S/C19H20F3N3OS/c20-19(21,22)11-6-7-15(16(26)9-11)17-13-4-1-5-14(13)18(25-24-17)27-12-3-2-8-23-10-12/h6-7,9,12,23,26H,1-5,8,10H2/t12-/m1/s1. The Kier molecular flexibility index (Phi) is 5.03. The van der Waals surface area contributed by atoms with Crippen molar-refractivity contribution < 1.29 is 18.3 Å². The molecule has 1 saturated heterocycles. The monoisotopic (exact) mass is 395 g/mol. The van der Waals surface area contributed by atoms with E-state index in [0.29, 0.717) is 16.5 Å². The van der Waals surface area contributed by atoms with Crippen LogP contribution < -0.4 is 5.32 Å². The number of hydrogen-bond donors (Lipinski definition) is 2. The van der Waals surface area contributed by atoms with Gasteiger partial charge in [-0.05, 0) is 68.0 Å². The van der Waals surface area contributed by atoms with Gasteiger partial charge in [0, 0.05) is 17.4 Å². The molecular weight excluding hydrogens is 375 g/mol. The smallest absolute Gasteiger partial charge is 0.416 e. The van der Waals surface area contributed by atoms with Gasteiger partial charge in [-0.3, -0.25) is 0 Å². The van der Waals surface area contributed by atoms with Crippen LogP contribution in [-0.2, 0) is 19.0 Å². The number of rotatable bonds is 3. The third kappa shape index (κ3) is 3.78. The van der Waals surface area contributed by atoms with E-state index in [0.717, 1.165) is 73.5 Å². The Hall–Kier alpha value is -1.80. The summed E-state index contributed by atoms with van der Waals surface area (Å²) in [6, 6.07) is 3.03. The predicted molar refractivity (Wildman–Crippen MR) is 97.9 cm³/mol. The van der Waals surface area contributed by atoms with Crippen LogP contribution in [0.1, 0.15) is 36.0 Å². The van der Waals surface area contributed by atoms with Gasteiger partial charge >= 0.3 is 6.18 Å². The van der Waals surface area contributed by atoms with Crippen molar-refractivity contribution in [3.63, 3.8) is 0 Å². The zero-order valence-corrected chi connectivity index (χ0v) is 15.5. The molecule has 2 aromatic rings. The van der Waals surface area contributed by atoms with Crippen molar-refractivity contribution >= 4 is 11.8 Å². The predicted octanol–water partition coefficient (Wildman–Crippen LogP) is 4.20. The number of aromatic hydroxyl groups is 1. The number of phenolic OH excluding ortho intramolecular Hbond substituents is 1. The molecule has 1 aromatic heterocycles. The molecule has 0 unspecified atom stereocenters. The number of thioether (sulfide) groups is 1. The minimum Gasteiger partial charge on any atom is -0.507 e. The summed E-state index contributed by atoms with van der Waals surface area (Å²) in [5.41, 5.74) is 2.08. The molecule has 0 spiro atoms. The summed E-state index contributed by atoms with van der Waals surface area (Å²) in [7, 11) is 0. The minimum atomic E-state index is -4.49. The molecule has 144 valence electrons. The summed E-state index contributed by atoms with van der Waals surface area (Å²) in [6.45, 7) is 2.00. The first kappa shape index (κ1) is 18.6. The molecule has 4 rings (SSSR count). The Morgan fingerprint density at radius 3 is 2.63 bits per heavy atom. The van der Waals surface area contributed by atoms with Crippen LogP contribution in [0.5, 0.6) is 5.75 Å². The van der Waals surface area contributed by atoms with Gasteiger partial charge in [-0.1, -0.05) is 11.8 Å². The normalized spacial score (nSPS) is 19.9. The van der Waals surface area contributed by atoms with Gasteiger partial charge in [0.2, 0.25) is 0 Å². The first-order valence-electron chi connectivity index (χ1n) is 9.10. The zero-order valence-electron chi connectivity index (χ0n) is 14.6. The minimum absolute atomic E-state index is 0.310. The number of piperidine rings is 1. The van der Waals surface area contributed by atoms with E-state index in [-0.39, 0.29) is 0 Å². The van der Waals surface area contributed by atoms with Gasteiger partial charge in [-0.25, -0.2) is 0 Å². The number of halogens is 3. The number of alkyl halides is 3. The highest BCUT2D eigenvalue weighted by Gasteiger charge is 2.32. The summed E-state index contributed by atoms with van der Waals surface area (Å²) in [5.74, 6) is -0.412. The molecule has 1 aromatic carbocycles. The Labute approximate surface area is 159 Å². The van der Waals surface area contributed by atoms with Crippen LogP contribution in [0.15, 0.2) is 23.2 Å². The van der Waals surface area contributed by atoms with Crippen molar-refractivity contribution in [2.45, 2.75) is 48.6 Å². The first-order valence-corrected chi connectivity index (χ1v) is 9.98. The second-order valence-electron chi connectivity index (χ2n) is 6.98. The second kappa shape index (κ2) is 7.31. The van der Waals surface area contributed by atoms with Gasteiger partial charge in [0.15, 0.2) is 0 Å². The summed E-state index contributed by atoms with van der Waals surface area (Å²) in [5, 5.41) is 23.7. The molecule has 0 amide bonds. The Morgan fingerprint density at radius 1 is 1.11 bits per heavy atom. The molecule has 1 fully saturated rings. The van der Waals surface area contributed by atoms with Gasteiger partial charge in [0.05, 0.1) is 5.56 Å². The Bertz CT molecular complexity index is 851. The van der Waals surface area contributed by atoms with E-state index in [1.165, 1.54) is 6.07 Å². The number of benzene rings is 1. The van der Waals surface area contributed by atoms with Crippen molar-refractivity contribution in [2.75, 3.05) is 13.1 Å². The highest BCUT2D eigenvalue weighted by atomic mass is 32.2. The lowest BCUT2D eigenvalue weighted by Crippen LogP contribution is -2.31. The van der Waals surface area contributed by atoms with E-state index in [4.69, 9.17) is 0 Å². The van der Waals surface area contributed by atoms with Crippen LogP contribution in [0.2, 0.25) is 0 Å². The van der Waals surface area contributed by atoms with Gasteiger partial charge in [-0.15, -0.1) is 10.2 Å². The summed E-state index contributed by atoms with van der Waals surface area (Å²) in [6.07, 6.45) is 0.449. The lowest BCUT2D eigenvalue weighted by atomic mass is 10.0. The van der Waals surface area contributed by atoms with Crippen molar-refractivity contribution in [1.82, 2.24) is 15.5 Å². The number of hydrogen-bond acceptors (Lipinski definition) is 5. The van der Waals surface area contributed by atoms with Crippen LogP contribution in [-0.4, -0.2) is 33.6 Å². The average Bonchev–Trinajstić information content (AvgIpc) is 3.13. The molecular formula is C19H20F3N3OS. The molecule has 8 heteroatoms. The SMILES string of the molecule is Oc1cc(C(F)(F)F)ccc1-c1nnc(S[C@@H]2CCCNC2)c2c1CCC2. The number of fused-ring (bicyclic) bond motifs is 1. The highest BCUT2D eigenvalue weighted by molar-refractivity contribution is 7.99. The van der Waals surface area contributed by atoms with Crippen LogP contribution in [0, 0.1) is 0 Å². The van der Waals surface area contributed by atoms with E-state index in [2.05, 4.69) is 15.5 Å². The number of nitrogens with one attached hydrogen (secondary N) is 1. The van der Waals surface area contributed by atoms with Gasteiger partial charge in [-0.2, -0.15) is 13.2 Å². The van der Waals surface area contributed by atoms with Crippen molar-refractivity contribution in [2.24, 2.45) is 0 Å². The third-order valence-corrected chi connectivity index (χ3v) is 6.40. The maximum Gasteiger partial charge on any atom is 0.416 e. The topological polar surface area (TPSA) is 58.0 Å². The molecule has 27 heavy (non-hydrogen) atoms. The lowest BCUT2D eigenvalue weighted by molar-refractivity contribution is -0.137. The van der Waals surface area contributed by atoms with Crippen molar-refractivity contribution in [1.29, 1.82) is 0 Å². The highest BCUT2D eigenvalue weighted by Crippen LogP contribution is 2.41. The fraction of sp³-hybridized carbons (Fsp3) is 0.474. The molecule has 4 nitrogen and oxygen atoms in total. The molecule has 0 radical (unpaired) electrons. The molecule has 2 N–H and O–H groups in total. The molecule has 2 heterocycles. The van der Waals surface area contributed by atoms with Gasteiger partial charge in [0.25, 0.3) is 0 Å². The zero-order chi connectivity index (χ0) is 19.0. The van der Waals surface area contributed by atoms with Crippen molar-refractivity contribution in [3.05, 3.63) is 34.9 Å². The van der Waals surface area contributed by atoms with E-state index in [9.17, 15) is 18.3 Å². The first-order chi connectivity index (χ1) is 12.9. The molecule has 1 aliphatic heterocycles. The third-order valence-electron chi connectivity index (χ3n) is 5.11. The number of aromatic nitrogens is 2. The van der Waals surface area contributed by atoms with E-state index < -0.39 is 17.5 Å². The summed E-state index contributed by atoms with van der Waals surface area (Å²) < 4.78 is 38.6. The Balaban J connectivity index is 1.68. The summed E-state index contributed by atoms with van der Waals surface area (Å²) in [4.78, 5) is 0. The van der Waals surface area contributed by atoms with Gasteiger partial charge in [0.1, 0.15) is 16.5 Å². The van der Waals surface area contributed by atoms with Crippen LogP contribution in [0.25, 0.3) is 11.3 Å². The summed E-state index contributed by atoms with van der Waals surface area (Å²) >= 11 is 1.74. The fourth-order valence-electron chi connectivity index (χ4n) is 3.75. The average molecular weight is 395 g/mol. The molecule has 2 aliphatic rings. The van der Waals surface area contributed by atoms with Crippen LogP contribution >= 0.6 is 11.8 Å². The number of phenols is 1. The van der Waals surface area contributed by atoms with Gasteiger partial charge < -0.3 is 10.4 Å². The van der Waals surface area contributed by atoms with E-state index in [1.54, 1.807) is 11.8 Å². The lowest BCUT2D eigenvalue weighted by Gasteiger charge is -2.22. The molecule has 1 atom stereocenters. The van der Waals surface area contributed by atoms with Crippen LogP contribution in [0.3, 0.4) is 0 Å². The molecule has 0 bridgehead atoms. The largest absolute Gasteiger partial charge is 0.507 e. The molecule has 1 aliphatic carbocycles. The fourth-order valence-corrected chi connectivity index (χ4v) is 5.01. The maximum atomic E-state index is 12.9. The second-order valence-corrected chi connectivity index (χ2v) is 8.27. The van der Waals surface area contributed by atoms with E-state index in [1.807, 2.05) is 0 Å². The van der Waals surface area contributed by atoms with E-state index >= 15 is 0 Å². The van der Waals surface area contributed by atoms with Crippen molar-refractivity contribution in [3.8, 4) is 17.0 Å².